The number of ether oxygens (including phenoxy) is 1. The maximum Gasteiger partial charge on any atom is 0.339 e. The van der Waals surface area contributed by atoms with Gasteiger partial charge in [-0.25, -0.2) is 4.79 Å². The van der Waals surface area contributed by atoms with Gasteiger partial charge in [0.25, 0.3) is 0 Å². The molecule has 1 atom stereocenters. The van der Waals surface area contributed by atoms with Crippen molar-refractivity contribution in [3.63, 3.8) is 0 Å². The molecule has 1 aromatic heterocycles. The van der Waals surface area contributed by atoms with Crippen LogP contribution in [0, 0.1) is 5.92 Å². The molecule has 1 aliphatic rings. The van der Waals surface area contributed by atoms with E-state index < -0.39 is 0 Å². The average Bonchev–Trinajstić information content (AvgIpc) is 3.25. The molecule has 0 bridgehead atoms. The number of hydrogen-bond donors (Lipinski definition) is 0. The molecule has 2 rings (SSSR count). The SMILES string of the molecule is CC1=C/C(=C/C(C)CCC/C(C)=C/CC/C(C)=C/CCc2ccoc2)OC1=O. The molecule has 3 nitrogen and oxygen atoms in total. The van der Waals surface area contributed by atoms with Crippen LogP contribution in [0.5, 0.6) is 0 Å². The molecular formula is C25H34O3. The van der Waals surface area contributed by atoms with Crippen LogP contribution in [0.15, 0.2) is 69.8 Å². The molecule has 0 amide bonds. The summed E-state index contributed by atoms with van der Waals surface area (Å²) >= 11 is 0. The van der Waals surface area contributed by atoms with E-state index in [0.29, 0.717) is 17.3 Å². The highest BCUT2D eigenvalue weighted by Gasteiger charge is 2.17. The third kappa shape index (κ3) is 8.16. The normalized spacial score (nSPS) is 17.8. The lowest BCUT2D eigenvalue weighted by atomic mass is 9.99. The van der Waals surface area contributed by atoms with E-state index in [1.807, 2.05) is 18.4 Å². The predicted molar refractivity (Wildman–Crippen MR) is 115 cm³/mol. The number of hydrogen-bond acceptors (Lipinski definition) is 3. The van der Waals surface area contributed by atoms with Crippen LogP contribution < -0.4 is 0 Å². The summed E-state index contributed by atoms with van der Waals surface area (Å²) < 4.78 is 10.3. The van der Waals surface area contributed by atoms with E-state index in [2.05, 4.69) is 39.0 Å². The molecule has 28 heavy (non-hydrogen) atoms. The molecule has 1 aromatic rings. The predicted octanol–water partition coefficient (Wildman–Crippen LogP) is 7.08. The fourth-order valence-electron chi connectivity index (χ4n) is 3.31. The zero-order chi connectivity index (χ0) is 20.4. The Hall–Kier alpha value is -2.29. The molecule has 0 aromatic carbocycles. The Morgan fingerprint density at radius 1 is 1.14 bits per heavy atom. The second-order valence-corrected chi connectivity index (χ2v) is 7.97. The lowest BCUT2D eigenvalue weighted by Gasteiger charge is -2.08. The molecule has 0 aliphatic carbocycles. The molecule has 0 radical (unpaired) electrons. The third-order valence-corrected chi connectivity index (χ3v) is 5.11. The number of carbonyl (C=O) groups is 1. The van der Waals surface area contributed by atoms with Gasteiger partial charge in [0.1, 0.15) is 5.76 Å². The number of furan rings is 1. The molecule has 3 heteroatoms. The molecular weight excluding hydrogens is 348 g/mol. The second kappa shape index (κ2) is 11.5. The molecule has 0 saturated heterocycles. The van der Waals surface area contributed by atoms with E-state index in [0.717, 1.165) is 44.9 Å². The zero-order valence-electron chi connectivity index (χ0n) is 17.8. The van der Waals surface area contributed by atoms with Gasteiger partial charge in [-0.05, 0) is 95.4 Å². The van der Waals surface area contributed by atoms with Crippen molar-refractivity contribution in [3.8, 4) is 0 Å². The van der Waals surface area contributed by atoms with Gasteiger partial charge in [-0.1, -0.05) is 30.2 Å². The van der Waals surface area contributed by atoms with Gasteiger partial charge in [0.05, 0.1) is 12.5 Å². The highest BCUT2D eigenvalue weighted by Crippen LogP contribution is 2.21. The first kappa shape index (κ1) is 22.0. The molecule has 1 unspecified atom stereocenters. The van der Waals surface area contributed by atoms with Crippen LogP contribution in [-0.2, 0) is 16.0 Å². The highest BCUT2D eigenvalue weighted by atomic mass is 16.5. The van der Waals surface area contributed by atoms with Crippen molar-refractivity contribution in [3.05, 3.63) is 70.9 Å². The van der Waals surface area contributed by atoms with Crippen LogP contribution >= 0.6 is 0 Å². The minimum absolute atomic E-state index is 0.219. The Bertz CT molecular complexity index is 745. The van der Waals surface area contributed by atoms with Crippen molar-refractivity contribution in [2.75, 3.05) is 0 Å². The van der Waals surface area contributed by atoms with E-state index >= 15 is 0 Å². The summed E-state index contributed by atoms with van der Waals surface area (Å²) in [6.07, 6.45) is 19.9. The molecule has 0 saturated carbocycles. The van der Waals surface area contributed by atoms with Crippen LogP contribution in [0.1, 0.15) is 71.8 Å². The maximum absolute atomic E-state index is 11.4. The van der Waals surface area contributed by atoms with Crippen LogP contribution in [0.3, 0.4) is 0 Å². The summed E-state index contributed by atoms with van der Waals surface area (Å²) in [5.74, 6) is 0.901. The first-order valence-corrected chi connectivity index (χ1v) is 10.4. The Labute approximate surface area is 169 Å². The lowest BCUT2D eigenvalue weighted by Crippen LogP contribution is -1.97. The van der Waals surface area contributed by atoms with Crippen molar-refractivity contribution in [2.45, 2.75) is 72.6 Å². The summed E-state index contributed by atoms with van der Waals surface area (Å²) in [5, 5.41) is 0. The van der Waals surface area contributed by atoms with Crippen LogP contribution in [0.2, 0.25) is 0 Å². The van der Waals surface area contributed by atoms with Gasteiger partial charge in [0.2, 0.25) is 0 Å². The molecule has 152 valence electrons. The number of carbonyl (C=O) groups excluding carboxylic acids is 1. The standard InChI is InChI=1S/C25H34O3/c1-19(8-5-9-20(2)11-7-13-23-14-15-27-18-23)10-6-12-21(3)16-24-17-22(4)25(26)28-24/h8,11,14-18,21H,5-7,9-10,12-13H2,1-4H3/b19-8+,20-11+,24-16-. The van der Waals surface area contributed by atoms with Crippen LogP contribution in [-0.4, -0.2) is 5.97 Å². The Morgan fingerprint density at radius 3 is 2.57 bits per heavy atom. The van der Waals surface area contributed by atoms with Crippen molar-refractivity contribution < 1.29 is 13.9 Å². The maximum atomic E-state index is 11.4. The molecule has 0 fully saturated rings. The number of rotatable bonds is 11. The van der Waals surface area contributed by atoms with Gasteiger partial charge in [-0.15, -0.1) is 0 Å². The second-order valence-electron chi connectivity index (χ2n) is 7.97. The van der Waals surface area contributed by atoms with Crippen LogP contribution in [0.4, 0.5) is 0 Å². The van der Waals surface area contributed by atoms with Gasteiger partial charge in [0.15, 0.2) is 0 Å². The Balaban J connectivity index is 1.60. The van der Waals surface area contributed by atoms with Crippen molar-refractivity contribution in [2.24, 2.45) is 5.92 Å². The van der Waals surface area contributed by atoms with Gasteiger partial charge in [0, 0.05) is 5.57 Å². The Morgan fingerprint density at radius 2 is 1.89 bits per heavy atom. The molecule has 1 aliphatic heterocycles. The monoisotopic (exact) mass is 382 g/mol. The summed E-state index contributed by atoms with van der Waals surface area (Å²) in [4.78, 5) is 11.4. The van der Waals surface area contributed by atoms with E-state index in [1.54, 1.807) is 13.2 Å². The van der Waals surface area contributed by atoms with Gasteiger partial charge < -0.3 is 9.15 Å². The third-order valence-electron chi connectivity index (χ3n) is 5.11. The lowest BCUT2D eigenvalue weighted by molar-refractivity contribution is -0.133. The van der Waals surface area contributed by atoms with E-state index in [9.17, 15) is 4.79 Å². The number of cyclic esters (lactones) is 1. The molecule has 0 N–H and O–H groups in total. The van der Waals surface area contributed by atoms with E-state index in [4.69, 9.17) is 9.15 Å². The number of esters is 1. The van der Waals surface area contributed by atoms with Gasteiger partial charge >= 0.3 is 5.97 Å². The molecule has 0 spiro atoms. The fourth-order valence-corrected chi connectivity index (χ4v) is 3.31. The van der Waals surface area contributed by atoms with Crippen molar-refractivity contribution in [1.82, 2.24) is 0 Å². The summed E-state index contributed by atoms with van der Waals surface area (Å²) in [7, 11) is 0. The van der Waals surface area contributed by atoms with Crippen molar-refractivity contribution in [1.29, 1.82) is 0 Å². The average molecular weight is 383 g/mol. The van der Waals surface area contributed by atoms with Crippen LogP contribution in [0.25, 0.3) is 0 Å². The fraction of sp³-hybridized carbons (Fsp3) is 0.480. The summed E-state index contributed by atoms with van der Waals surface area (Å²) in [6.45, 7) is 8.42. The largest absolute Gasteiger partial charge is 0.472 e. The minimum atomic E-state index is -0.219. The number of aryl methyl sites for hydroxylation is 1. The smallest absolute Gasteiger partial charge is 0.339 e. The Kier molecular flexibility index (Phi) is 9.06. The first-order chi connectivity index (χ1) is 13.4. The van der Waals surface area contributed by atoms with E-state index in [-0.39, 0.29) is 5.97 Å². The van der Waals surface area contributed by atoms with Gasteiger partial charge in [-0.2, -0.15) is 0 Å². The molecule has 2 heterocycles. The van der Waals surface area contributed by atoms with Crippen molar-refractivity contribution >= 4 is 5.97 Å². The quantitative estimate of drug-likeness (QED) is 0.303. The topological polar surface area (TPSA) is 39.4 Å². The summed E-state index contributed by atoms with van der Waals surface area (Å²) in [5.41, 5.74) is 4.88. The minimum Gasteiger partial charge on any atom is -0.472 e. The number of allylic oxidation sites excluding steroid dienone is 6. The zero-order valence-corrected chi connectivity index (χ0v) is 17.8. The summed E-state index contributed by atoms with van der Waals surface area (Å²) in [6, 6.07) is 2.03. The van der Waals surface area contributed by atoms with Gasteiger partial charge in [-0.3, -0.25) is 0 Å². The van der Waals surface area contributed by atoms with E-state index in [1.165, 1.54) is 16.7 Å². The first-order valence-electron chi connectivity index (χ1n) is 10.4. The highest BCUT2D eigenvalue weighted by molar-refractivity contribution is 5.92.